The number of phenolic OH excluding ortho intramolecular Hbond substituents is 1. The summed E-state index contributed by atoms with van der Waals surface area (Å²) in [5.74, 6) is -1.94. The van der Waals surface area contributed by atoms with Crippen molar-refractivity contribution in [2.24, 2.45) is 0 Å². The van der Waals surface area contributed by atoms with Gasteiger partial charge in [-0.3, -0.25) is 9.59 Å². The van der Waals surface area contributed by atoms with E-state index in [9.17, 15) is 24.0 Å². The molecule has 3 aromatic rings. The summed E-state index contributed by atoms with van der Waals surface area (Å²) in [6.07, 6.45) is 0. The first kappa shape index (κ1) is 33.5. The number of hydrogen-bond acceptors (Lipinski definition) is 7. The van der Waals surface area contributed by atoms with E-state index >= 15 is 0 Å². The first-order valence-electron chi connectivity index (χ1n) is 11.9. The Balaban J connectivity index is 0.000000301. The average molecular weight is 559 g/mol. The van der Waals surface area contributed by atoms with E-state index in [1.54, 1.807) is 55.5 Å². The van der Waals surface area contributed by atoms with Gasteiger partial charge in [-0.25, -0.2) is 14.4 Å². The minimum Gasteiger partial charge on any atom is -0.508 e. The van der Waals surface area contributed by atoms with Gasteiger partial charge in [-0.15, -0.1) is 0 Å². The minimum atomic E-state index is -0.935. The molecule has 0 amide bonds. The van der Waals surface area contributed by atoms with Gasteiger partial charge in [0.15, 0.2) is 11.6 Å². The van der Waals surface area contributed by atoms with Crippen LogP contribution in [0.25, 0.3) is 0 Å². The van der Waals surface area contributed by atoms with E-state index in [2.05, 4.69) is 19.7 Å². The molecule has 0 unspecified atom stereocenters. The van der Waals surface area contributed by atoms with E-state index in [0.717, 1.165) is 0 Å². The smallest absolute Gasteiger partial charge is 0.338 e. The van der Waals surface area contributed by atoms with Gasteiger partial charge in [0.2, 0.25) is 0 Å². The number of ketones is 2. The summed E-state index contributed by atoms with van der Waals surface area (Å²) in [5, 5.41) is 24.7. The summed E-state index contributed by atoms with van der Waals surface area (Å²) in [6, 6.07) is 19.8. The van der Waals surface area contributed by atoms with Crippen molar-refractivity contribution in [1.29, 1.82) is 0 Å². The number of hydrogen-bond donors (Lipinski definition) is 3. The van der Waals surface area contributed by atoms with Gasteiger partial charge in [0.05, 0.1) is 0 Å². The Hall–Kier alpha value is -5.57. The van der Waals surface area contributed by atoms with Gasteiger partial charge < -0.3 is 20.1 Å². The average Bonchev–Trinajstić information content (AvgIpc) is 2.94. The quantitative estimate of drug-likeness (QED) is 0.164. The summed E-state index contributed by atoms with van der Waals surface area (Å²) in [5.41, 5.74) is 2.72. The first-order chi connectivity index (χ1) is 19.2. The molecule has 0 spiro atoms. The second-order valence-corrected chi connectivity index (χ2v) is 8.58. The molecule has 0 radical (unpaired) electrons. The van der Waals surface area contributed by atoms with Crippen molar-refractivity contribution in [3.8, 4) is 11.5 Å². The molecular weight excluding hydrogens is 528 g/mol. The Morgan fingerprint density at radius 3 is 1.12 bits per heavy atom. The number of carboxylic acid groups (broad SMARTS) is 2. The molecule has 0 atom stereocenters. The largest absolute Gasteiger partial charge is 0.508 e. The molecular formula is C32H30O9. The Labute approximate surface area is 237 Å². The van der Waals surface area contributed by atoms with Crippen LogP contribution >= 0.6 is 0 Å². The van der Waals surface area contributed by atoms with Crippen LogP contribution in [0.1, 0.15) is 52.6 Å². The second kappa shape index (κ2) is 15.7. The molecule has 0 saturated carbocycles. The molecule has 0 aliphatic heterocycles. The van der Waals surface area contributed by atoms with Crippen molar-refractivity contribution >= 4 is 29.5 Å². The summed E-state index contributed by atoms with van der Waals surface area (Å²) in [6.45, 7) is 14.2. The SMILES string of the molecule is C=C(C)C(=O)O.C=C(C)C(=O)O.C=C(C)C(=O)Oc1ccc(O)cc1.O=C1c2ccccc2C(=O)c2ccccc21. The van der Waals surface area contributed by atoms with E-state index < -0.39 is 17.9 Å². The second-order valence-electron chi connectivity index (χ2n) is 8.58. The fourth-order valence-electron chi connectivity index (χ4n) is 2.76. The lowest BCUT2D eigenvalue weighted by molar-refractivity contribution is -0.133. The van der Waals surface area contributed by atoms with Gasteiger partial charge in [0.25, 0.3) is 0 Å². The van der Waals surface area contributed by atoms with Crippen LogP contribution in [0.15, 0.2) is 109 Å². The minimum absolute atomic E-state index is 0.0641. The van der Waals surface area contributed by atoms with Crippen molar-refractivity contribution in [3.05, 3.63) is 132 Å². The highest BCUT2D eigenvalue weighted by molar-refractivity contribution is 6.28. The summed E-state index contributed by atoms with van der Waals surface area (Å²) < 4.78 is 4.88. The monoisotopic (exact) mass is 558 g/mol. The van der Waals surface area contributed by atoms with Crippen molar-refractivity contribution in [3.63, 3.8) is 0 Å². The van der Waals surface area contributed by atoms with Gasteiger partial charge in [-0.05, 0) is 45.0 Å². The number of phenols is 1. The Morgan fingerprint density at radius 2 is 0.878 bits per heavy atom. The molecule has 1 aliphatic carbocycles. The molecule has 41 heavy (non-hydrogen) atoms. The number of ether oxygens (including phenoxy) is 1. The molecule has 9 heteroatoms. The van der Waals surface area contributed by atoms with Crippen molar-refractivity contribution < 1.29 is 44.0 Å². The van der Waals surface area contributed by atoms with Crippen LogP contribution in [-0.2, 0) is 14.4 Å². The molecule has 4 rings (SSSR count). The lowest BCUT2D eigenvalue weighted by Gasteiger charge is -2.16. The van der Waals surface area contributed by atoms with E-state index in [4.69, 9.17) is 20.1 Å². The highest BCUT2D eigenvalue weighted by atomic mass is 16.5. The van der Waals surface area contributed by atoms with Crippen molar-refractivity contribution in [2.75, 3.05) is 0 Å². The fourth-order valence-corrected chi connectivity index (χ4v) is 2.76. The van der Waals surface area contributed by atoms with Crippen LogP contribution in [0.3, 0.4) is 0 Å². The van der Waals surface area contributed by atoms with E-state index in [0.29, 0.717) is 33.6 Å². The predicted octanol–water partition coefficient (Wildman–Crippen LogP) is 5.63. The maximum Gasteiger partial charge on any atom is 0.338 e. The maximum atomic E-state index is 12.1. The van der Waals surface area contributed by atoms with E-state index in [-0.39, 0.29) is 28.5 Å². The van der Waals surface area contributed by atoms with E-state index in [1.807, 2.05) is 0 Å². The molecule has 3 N–H and O–H groups in total. The van der Waals surface area contributed by atoms with Crippen LogP contribution in [0, 0.1) is 0 Å². The van der Waals surface area contributed by atoms with Gasteiger partial charge in [0, 0.05) is 39.0 Å². The van der Waals surface area contributed by atoms with Crippen molar-refractivity contribution in [1.82, 2.24) is 0 Å². The number of rotatable bonds is 4. The number of aromatic hydroxyl groups is 1. The number of carbonyl (C=O) groups excluding carboxylic acids is 3. The van der Waals surface area contributed by atoms with E-state index in [1.165, 1.54) is 38.1 Å². The number of benzene rings is 3. The third-order valence-electron chi connectivity index (χ3n) is 4.96. The number of carboxylic acids is 2. The molecule has 1 aliphatic rings. The highest BCUT2D eigenvalue weighted by Gasteiger charge is 2.28. The molecule has 3 aromatic carbocycles. The third-order valence-corrected chi connectivity index (χ3v) is 4.96. The normalized spacial score (nSPS) is 10.3. The first-order valence-corrected chi connectivity index (χ1v) is 11.9. The van der Waals surface area contributed by atoms with Crippen LogP contribution in [-0.4, -0.2) is 44.8 Å². The van der Waals surface area contributed by atoms with Crippen LogP contribution in [0.5, 0.6) is 11.5 Å². The number of esters is 1. The zero-order chi connectivity index (χ0) is 31.3. The highest BCUT2D eigenvalue weighted by Crippen LogP contribution is 2.26. The number of fused-ring (bicyclic) bond motifs is 2. The van der Waals surface area contributed by atoms with Crippen LogP contribution < -0.4 is 4.74 Å². The van der Waals surface area contributed by atoms with Crippen LogP contribution in [0.4, 0.5) is 0 Å². The summed E-state index contributed by atoms with van der Waals surface area (Å²) in [4.78, 5) is 54.4. The molecule has 212 valence electrons. The summed E-state index contributed by atoms with van der Waals surface area (Å²) >= 11 is 0. The fraction of sp³-hybridized carbons (Fsp3) is 0.0938. The molecule has 0 heterocycles. The molecule has 9 nitrogen and oxygen atoms in total. The zero-order valence-electron chi connectivity index (χ0n) is 22.8. The zero-order valence-corrected chi connectivity index (χ0v) is 22.8. The van der Waals surface area contributed by atoms with Gasteiger partial charge in [-0.1, -0.05) is 68.3 Å². The summed E-state index contributed by atoms with van der Waals surface area (Å²) in [7, 11) is 0. The number of carbonyl (C=O) groups is 5. The number of aliphatic carboxylic acids is 2. The Kier molecular flexibility index (Phi) is 12.9. The van der Waals surface area contributed by atoms with Crippen molar-refractivity contribution in [2.45, 2.75) is 20.8 Å². The third kappa shape index (κ3) is 10.6. The van der Waals surface area contributed by atoms with Gasteiger partial charge in [0.1, 0.15) is 11.5 Å². The van der Waals surface area contributed by atoms with Gasteiger partial charge >= 0.3 is 17.9 Å². The predicted molar refractivity (Wildman–Crippen MR) is 153 cm³/mol. The molecule has 0 aromatic heterocycles. The standard InChI is InChI=1S/C14H8O2.C10H10O3.2C4H6O2/c15-13-9-5-1-2-6-10(9)14(16)12-8-4-3-7-11(12)13;1-7(2)10(12)13-9-5-3-8(11)4-6-9;2*1-3(2)4(5)6/h1-8H;3-6,11H,1H2,2H3;2*1H2,2H3,(H,5,6). The Morgan fingerprint density at radius 1 is 0.585 bits per heavy atom. The van der Waals surface area contributed by atoms with Crippen LogP contribution in [0.2, 0.25) is 0 Å². The molecule has 0 fully saturated rings. The molecule has 0 saturated heterocycles. The van der Waals surface area contributed by atoms with Gasteiger partial charge in [-0.2, -0.15) is 0 Å². The topological polar surface area (TPSA) is 155 Å². The lowest BCUT2D eigenvalue weighted by Crippen LogP contribution is -2.20. The molecule has 0 bridgehead atoms. The lowest BCUT2D eigenvalue weighted by atomic mass is 9.84. The maximum absolute atomic E-state index is 12.1. The Bertz CT molecular complexity index is 1340.